The summed E-state index contributed by atoms with van der Waals surface area (Å²) in [6.07, 6.45) is 4.96. The van der Waals surface area contributed by atoms with Gasteiger partial charge in [-0.05, 0) is 36.5 Å². The first-order valence-corrected chi connectivity index (χ1v) is 6.75. The summed E-state index contributed by atoms with van der Waals surface area (Å²) >= 11 is 0. The van der Waals surface area contributed by atoms with Gasteiger partial charge in [-0.1, -0.05) is 19.8 Å². The van der Waals surface area contributed by atoms with Crippen molar-refractivity contribution in [2.75, 3.05) is 6.54 Å². The second-order valence-corrected chi connectivity index (χ2v) is 5.73. The molecule has 19 heavy (non-hydrogen) atoms. The van der Waals surface area contributed by atoms with E-state index in [2.05, 4.69) is 27.7 Å². The molecule has 100 valence electrons. The average Bonchev–Trinajstić information content (AvgIpc) is 3.04. The molecule has 0 unspecified atom stereocenters. The van der Waals surface area contributed by atoms with Gasteiger partial charge in [-0.3, -0.25) is 4.79 Å². The zero-order valence-electron chi connectivity index (χ0n) is 11.1. The van der Waals surface area contributed by atoms with E-state index in [1.165, 1.54) is 25.7 Å². The summed E-state index contributed by atoms with van der Waals surface area (Å²) < 4.78 is 0. The van der Waals surface area contributed by atoms with Crippen LogP contribution in [0.4, 0.5) is 0 Å². The maximum atomic E-state index is 12.1. The van der Waals surface area contributed by atoms with Gasteiger partial charge in [0, 0.05) is 12.1 Å². The third kappa shape index (κ3) is 2.45. The van der Waals surface area contributed by atoms with Crippen LogP contribution in [0, 0.1) is 5.41 Å². The van der Waals surface area contributed by atoms with Crippen LogP contribution in [-0.2, 0) is 0 Å². The van der Waals surface area contributed by atoms with Crippen LogP contribution in [0.1, 0.15) is 43.0 Å². The largest absolute Gasteiger partial charge is 0.351 e. The normalized spacial score (nSPS) is 17.7. The molecule has 2 aromatic rings. The van der Waals surface area contributed by atoms with Crippen LogP contribution < -0.4 is 5.32 Å². The number of benzene rings is 1. The van der Waals surface area contributed by atoms with E-state index in [-0.39, 0.29) is 11.3 Å². The van der Waals surface area contributed by atoms with Gasteiger partial charge in [0.25, 0.3) is 5.91 Å². The Morgan fingerprint density at radius 1 is 1.32 bits per heavy atom. The number of fused-ring (bicyclic) bond motifs is 1. The van der Waals surface area contributed by atoms with E-state index in [4.69, 9.17) is 0 Å². The van der Waals surface area contributed by atoms with Crippen LogP contribution >= 0.6 is 0 Å². The van der Waals surface area contributed by atoms with Gasteiger partial charge in [0.15, 0.2) is 0 Å². The van der Waals surface area contributed by atoms with Crippen molar-refractivity contribution in [3.05, 3.63) is 23.8 Å². The zero-order valence-corrected chi connectivity index (χ0v) is 11.1. The Labute approximate surface area is 111 Å². The van der Waals surface area contributed by atoms with Crippen LogP contribution in [0.15, 0.2) is 18.2 Å². The first kappa shape index (κ1) is 12.1. The van der Waals surface area contributed by atoms with E-state index < -0.39 is 0 Å². The van der Waals surface area contributed by atoms with E-state index in [0.717, 1.165) is 17.6 Å². The molecule has 1 aliphatic carbocycles. The van der Waals surface area contributed by atoms with Gasteiger partial charge in [0.2, 0.25) is 0 Å². The van der Waals surface area contributed by atoms with Crippen LogP contribution in [0.3, 0.4) is 0 Å². The molecule has 1 heterocycles. The maximum absolute atomic E-state index is 12.1. The minimum atomic E-state index is -0.0296. The molecule has 0 radical (unpaired) electrons. The second-order valence-electron chi connectivity index (χ2n) is 5.73. The van der Waals surface area contributed by atoms with Gasteiger partial charge >= 0.3 is 0 Å². The summed E-state index contributed by atoms with van der Waals surface area (Å²) in [6.45, 7) is 3.00. The quantitative estimate of drug-likeness (QED) is 0.887. The molecule has 5 nitrogen and oxygen atoms in total. The minimum absolute atomic E-state index is 0.0296. The molecule has 5 heteroatoms. The fourth-order valence-corrected chi connectivity index (χ4v) is 2.78. The Balaban J connectivity index is 1.69. The third-order valence-corrected chi connectivity index (χ3v) is 4.06. The number of aromatic amines is 1. The van der Waals surface area contributed by atoms with Crippen molar-refractivity contribution >= 4 is 16.9 Å². The summed E-state index contributed by atoms with van der Waals surface area (Å²) in [4.78, 5) is 12.1. The van der Waals surface area contributed by atoms with Gasteiger partial charge in [-0.2, -0.15) is 15.4 Å². The van der Waals surface area contributed by atoms with E-state index in [1.807, 2.05) is 6.07 Å². The zero-order chi connectivity index (χ0) is 13.3. The highest BCUT2D eigenvalue weighted by Gasteiger charge is 2.28. The SMILES string of the molecule is CC1(CNC(=O)c2ccc3n[nH]nc3c2)CCCC1. The van der Waals surface area contributed by atoms with Crippen LogP contribution in [-0.4, -0.2) is 27.9 Å². The standard InChI is InChI=1S/C14H18N4O/c1-14(6-2-3-7-14)9-15-13(19)10-4-5-11-12(8-10)17-18-16-11/h4-5,8H,2-3,6-7,9H2,1H3,(H,15,19)(H,16,17,18). The van der Waals surface area contributed by atoms with Crippen molar-refractivity contribution < 1.29 is 4.79 Å². The summed E-state index contributed by atoms with van der Waals surface area (Å²) in [5.74, 6) is -0.0296. The molecule has 0 bridgehead atoms. The highest BCUT2D eigenvalue weighted by Crippen LogP contribution is 2.36. The molecule has 1 fully saturated rings. The van der Waals surface area contributed by atoms with E-state index in [1.54, 1.807) is 12.1 Å². The van der Waals surface area contributed by atoms with Crippen molar-refractivity contribution in [2.45, 2.75) is 32.6 Å². The molecular weight excluding hydrogens is 240 g/mol. The van der Waals surface area contributed by atoms with Crippen molar-refractivity contribution in [3.8, 4) is 0 Å². The lowest BCUT2D eigenvalue weighted by Gasteiger charge is -2.23. The molecule has 1 aromatic carbocycles. The fraction of sp³-hybridized carbons (Fsp3) is 0.500. The molecule has 0 spiro atoms. The van der Waals surface area contributed by atoms with E-state index >= 15 is 0 Å². The second kappa shape index (κ2) is 4.64. The Morgan fingerprint density at radius 3 is 2.84 bits per heavy atom. The van der Waals surface area contributed by atoms with Gasteiger partial charge < -0.3 is 5.32 Å². The number of hydrogen-bond acceptors (Lipinski definition) is 3. The number of H-pyrrole nitrogens is 1. The molecule has 0 aliphatic heterocycles. The van der Waals surface area contributed by atoms with Gasteiger partial charge in [0.05, 0.1) is 0 Å². The highest BCUT2D eigenvalue weighted by atomic mass is 16.1. The predicted molar refractivity (Wildman–Crippen MR) is 72.8 cm³/mol. The van der Waals surface area contributed by atoms with Crippen LogP contribution in [0.5, 0.6) is 0 Å². The molecule has 3 rings (SSSR count). The van der Waals surface area contributed by atoms with E-state index in [0.29, 0.717) is 5.56 Å². The number of amides is 1. The monoisotopic (exact) mass is 258 g/mol. The summed E-state index contributed by atoms with van der Waals surface area (Å²) in [6, 6.07) is 5.37. The van der Waals surface area contributed by atoms with E-state index in [9.17, 15) is 4.79 Å². The Hall–Kier alpha value is -1.91. The molecule has 1 saturated carbocycles. The number of aromatic nitrogens is 3. The fourth-order valence-electron chi connectivity index (χ4n) is 2.78. The average molecular weight is 258 g/mol. The Kier molecular flexibility index (Phi) is 2.97. The number of carbonyl (C=O) groups excluding carboxylic acids is 1. The Bertz CT molecular complexity index is 598. The van der Waals surface area contributed by atoms with Crippen molar-refractivity contribution in [1.82, 2.24) is 20.7 Å². The van der Waals surface area contributed by atoms with Crippen molar-refractivity contribution in [1.29, 1.82) is 0 Å². The number of nitrogens with zero attached hydrogens (tertiary/aromatic N) is 2. The summed E-state index contributed by atoms with van der Waals surface area (Å²) in [7, 11) is 0. The minimum Gasteiger partial charge on any atom is -0.351 e. The molecule has 0 saturated heterocycles. The van der Waals surface area contributed by atoms with Crippen molar-refractivity contribution in [2.24, 2.45) is 5.41 Å². The molecular formula is C14H18N4O. The van der Waals surface area contributed by atoms with Gasteiger partial charge in [-0.25, -0.2) is 0 Å². The first-order valence-electron chi connectivity index (χ1n) is 6.75. The molecule has 1 aromatic heterocycles. The van der Waals surface area contributed by atoms with Gasteiger partial charge in [0.1, 0.15) is 11.0 Å². The van der Waals surface area contributed by atoms with Crippen LogP contribution in [0.2, 0.25) is 0 Å². The van der Waals surface area contributed by atoms with Crippen LogP contribution in [0.25, 0.3) is 11.0 Å². The lowest BCUT2D eigenvalue weighted by atomic mass is 9.89. The number of nitrogens with one attached hydrogen (secondary N) is 2. The third-order valence-electron chi connectivity index (χ3n) is 4.06. The summed E-state index contributed by atoms with van der Waals surface area (Å²) in [5.41, 5.74) is 2.41. The lowest BCUT2D eigenvalue weighted by Crippen LogP contribution is -2.34. The number of rotatable bonds is 3. The first-order chi connectivity index (χ1) is 9.16. The van der Waals surface area contributed by atoms with Crippen molar-refractivity contribution in [3.63, 3.8) is 0 Å². The highest BCUT2D eigenvalue weighted by molar-refractivity contribution is 5.97. The molecule has 2 N–H and O–H groups in total. The Morgan fingerprint density at radius 2 is 2.05 bits per heavy atom. The molecule has 1 aliphatic rings. The molecule has 1 amide bonds. The van der Waals surface area contributed by atoms with Gasteiger partial charge in [-0.15, -0.1) is 0 Å². The predicted octanol–water partition coefficient (Wildman–Crippen LogP) is 2.27. The lowest BCUT2D eigenvalue weighted by molar-refractivity contribution is 0.0934. The smallest absolute Gasteiger partial charge is 0.251 e. The number of hydrogen-bond donors (Lipinski definition) is 2. The topological polar surface area (TPSA) is 70.7 Å². The molecule has 0 atom stereocenters. The maximum Gasteiger partial charge on any atom is 0.251 e. The summed E-state index contributed by atoms with van der Waals surface area (Å²) in [5, 5.41) is 13.6. The number of carbonyl (C=O) groups is 1.